The Kier molecular flexibility index (Phi) is 3.15. The average molecular weight is 279 g/mol. The van der Waals surface area contributed by atoms with Gasteiger partial charge in [0.15, 0.2) is 0 Å². The van der Waals surface area contributed by atoms with E-state index in [0.29, 0.717) is 11.8 Å². The Morgan fingerprint density at radius 3 is 2.81 bits per heavy atom. The number of piperidine rings is 1. The second kappa shape index (κ2) is 5.15. The first-order valence-corrected chi connectivity index (χ1v) is 7.81. The van der Waals surface area contributed by atoms with Crippen LogP contribution in [0.2, 0.25) is 0 Å². The summed E-state index contributed by atoms with van der Waals surface area (Å²) in [7, 11) is 2.22. The summed E-state index contributed by atoms with van der Waals surface area (Å²) in [4.78, 5) is 7.12. The molecule has 1 saturated heterocycles. The number of rotatable bonds is 1. The van der Waals surface area contributed by atoms with Gasteiger partial charge in [-0.15, -0.1) is 0 Å². The predicted molar refractivity (Wildman–Crippen MR) is 86.0 cm³/mol. The van der Waals surface area contributed by atoms with Gasteiger partial charge in [0.2, 0.25) is 0 Å². The van der Waals surface area contributed by atoms with Crippen LogP contribution in [0.4, 0.5) is 0 Å². The van der Waals surface area contributed by atoms with Crippen LogP contribution < -0.4 is 0 Å². The first-order valence-electron chi connectivity index (χ1n) is 7.81. The van der Waals surface area contributed by atoms with Gasteiger partial charge in [0, 0.05) is 24.5 Å². The lowest BCUT2D eigenvalue weighted by Crippen LogP contribution is -2.33. The second-order valence-electron chi connectivity index (χ2n) is 6.26. The van der Waals surface area contributed by atoms with Crippen molar-refractivity contribution in [1.82, 2.24) is 14.5 Å². The lowest BCUT2D eigenvalue weighted by molar-refractivity contribution is 0.205. The molecule has 0 spiro atoms. The smallest absolute Gasteiger partial charge is 0.120 e. The van der Waals surface area contributed by atoms with Crippen molar-refractivity contribution in [3.05, 3.63) is 53.6 Å². The predicted octanol–water partition coefficient (Wildman–Crippen LogP) is 3.30. The minimum absolute atomic E-state index is 0.417. The summed E-state index contributed by atoms with van der Waals surface area (Å²) in [5.74, 6) is 2.30. The minimum Gasteiger partial charge on any atom is -0.310 e. The standard InChI is InChI=1S/C18H21N3/c1-20-10-6-15(7-11-20)17-16-5-3-2-4-14(16)8-12-21-13-9-19-18(17)21/h2-5,8-9,12-13,15,17H,6-7,10-11H2,1H3. The molecule has 108 valence electrons. The van der Waals surface area contributed by atoms with E-state index in [1.807, 2.05) is 6.20 Å². The van der Waals surface area contributed by atoms with Crippen LogP contribution >= 0.6 is 0 Å². The molecule has 3 heteroatoms. The van der Waals surface area contributed by atoms with Crippen molar-refractivity contribution in [3.8, 4) is 0 Å². The third kappa shape index (κ3) is 2.22. The van der Waals surface area contributed by atoms with E-state index in [1.54, 1.807) is 0 Å². The van der Waals surface area contributed by atoms with Crippen LogP contribution in [-0.2, 0) is 0 Å². The zero-order chi connectivity index (χ0) is 14.2. The van der Waals surface area contributed by atoms with E-state index in [1.165, 1.54) is 42.9 Å². The van der Waals surface area contributed by atoms with E-state index in [2.05, 4.69) is 64.2 Å². The number of fused-ring (bicyclic) bond motifs is 2. The van der Waals surface area contributed by atoms with Gasteiger partial charge in [-0.3, -0.25) is 0 Å². The molecule has 0 radical (unpaired) electrons. The maximum atomic E-state index is 4.69. The topological polar surface area (TPSA) is 21.1 Å². The summed E-state index contributed by atoms with van der Waals surface area (Å²) in [5, 5.41) is 0. The molecule has 1 unspecified atom stereocenters. The number of hydrogen-bond donors (Lipinski definition) is 0. The summed E-state index contributed by atoms with van der Waals surface area (Å²) in [6, 6.07) is 8.80. The van der Waals surface area contributed by atoms with Gasteiger partial charge in [-0.05, 0) is 56.1 Å². The number of imidazole rings is 1. The van der Waals surface area contributed by atoms with E-state index in [9.17, 15) is 0 Å². The molecule has 21 heavy (non-hydrogen) atoms. The van der Waals surface area contributed by atoms with E-state index in [0.717, 1.165) is 0 Å². The minimum atomic E-state index is 0.417. The van der Waals surface area contributed by atoms with Crippen molar-refractivity contribution in [2.24, 2.45) is 5.92 Å². The molecule has 1 fully saturated rings. The van der Waals surface area contributed by atoms with Crippen molar-refractivity contribution in [3.63, 3.8) is 0 Å². The Bertz CT molecular complexity index is 663. The number of benzene rings is 1. The molecule has 3 heterocycles. The van der Waals surface area contributed by atoms with Gasteiger partial charge < -0.3 is 9.47 Å². The van der Waals surface area contributed by atoms with Gasteiger partial charge in [-0.25, -0.2) is 4.98 Å². The Labute approximate surface area is 125 Å². The van der Waals surface area contributed by atoms with Crippen LogP contribution in [0.5, 0.6) is 0 Å². The molecule has 4 rings (SSSR count). The molecule has 1 atom stereocenters. The molecule has 2 aromatic rings. The summed E-state index contributed by atoms with van der Waals surface area (Å²) in [5.41, 5.74) is 2.78. The summed E-state index contributed by atoms with van der Waals surface area (Å²) in [6.45, 7) is 2.38. The second-order valence-corrected chi connectivity index (χ2v) is 6.26. The molecule has 3 nitrogen and oxygen atoms in total. The normalized spacial score (nSPS) is 22.6. The highest BCUT2D eigenvalue weighted by Crippen LogP contribution is 2.40. The molecule has 0 saturated carbocycles. The number of hydrogen-bond acceptors (Lipinski definition) is 2. The van der Waals surface area contributed by atoms with Crippen molar-refractivity contribution in [1.29, 1.82) is 0 Å². The molecular weight excluding hydrogens is 258 g/mol. The summed E-state index contributed by atoms with van der Waals surface area (Å²) >= 11 is 0. The van der Waals surface area contributed by atoms with Gasteiger partial charge in [-0.2, -0.15) is 0 Å². The zero-order valence-electron chi connectivity index (χ0n) is 12.4. The highest BCUT2D eigenvalue weighted by Gasteiger charge is 2.32. The van der Waals surface area contributed by atoms with Crippen LogP contribution in [0.25, 0.3) is 12.3 Å². The van der Waals surface area contributed by atoms with Crippen LogP contribution in [0.15, 0.2) is 36.7 Å². The largest absolute Gasteiger partial charge is 0.310 e. The molecule has 0 amide bonds. The van der Waals surface area contributed by atoms with Gasteiger partial charge in [0.25, 0.3) is 0 Å². The lowest BCUT2D eigenvalue weighted by atomic mass is 9.78. The Morgan fingerprint density at radius 2 is 1.95 bits per heavy atom. The van der Waals surface area contributed by atoms with Crippen molar-refractivity contribution in [2.75, 3.05) is 20.1 Å². The van der Waals surface area contributed by atoms with Gasteiger partial charge >= 0.3 is 0 Å². The Balaban J connectivity index is 1.80. The average Bonchev–Trinajstić information content (AvgIpc) is 2.91. The maximum absolute atomic E-state index is 4.69. The Morgan fingerprint density at radius 1 is 1.14 bits per heavy atom. The van der Waals surface area contributed by atoms with Gasteiger partial charge in [-0.1, -0.05) is 24.3 Å². The van der Waals surface area contributed by atoms with Crippen LogP contribution in [-0.4, -0.2) is 34.6 Å². The third-order valence-corrected chi connectivity index (χ3v) is 4.96. The molecule has 0 aliphatic carbocycles. The molecule has 0 N–H and O–H groups in total. The van der Waals surface area contributed by atoms with E-state index in [4.69, 9.17) is 0 Å². The molecule has 2 aliphatic heterocycles. The number of aromatic nitrogens is 2. The number of nitrogens with zero attached hydrogens (tertiary/aromatic N) is 3. The first kappa shape index (κ1) is 12.8. The zero-order valence-corrected chi connectivity index (χ0v) is 12.4. The fourth-order valence-corrected chi connectivity index (χ4v) is 3.76. The number of likely N-dealkylation sites (tertiary alicyclic amines) is 1. The summed E-state index contributed by atoms with van der Waals surface area (Å²) < 4.78 is 2.20. The first-order chi connectivity index (χ1) is 10.3. The third-order valence-electron chi connectivity index (χ3n) is 4.96. The maximum Gasteiger partial charge on any atom is 0.120 e. The SMILES string of the molecule is CN1CCC(C2c3ccccc3C=Cn3ccnc32)CC1. The Hall–Kier alpha value is -1.87. The molecular formula is C18H21N3. The fraction of sp³-hybridized carbons (Fsp3) is 0.389. The summed E-state index contributed by atoms with van der Waals surface area (Å²) in [6.07, 6.45) is 10.9. The molecule has 2 aliphatic rings. The quantitative estimate of drug-likeness (QED) is 0.798. The van der Waals surface area contributed by atoms with Crippen molar-refractivity contribution >= 4 is 12.3 Å². The molecule has 1 aromatic carbocycles. The molecule has 1 aromatic heterocycles. The highest BCUT2D eigenvalue weighted by molar-refractivity contribution is 5.66. The van der Waals surface area contributed by atoms with E-state index in [-0.39, 0.29) is 0 Å². The molecule has 0 bridgehead atoms. The van der Waals surface area contributed by atoms with E-state index >= 15 is 0 Å². The van der Waals surface area contributed by atoms with Gasteiger partial charge in [0.1, 0.15) is 5.82 Å². The van der Waals surface area contributed by atoms with Crippen molar-refractivity contribution in [2.45, 2.75) is 18.8 Å². The fourth-order valence-electron chi connectivity index (χ4n) is 3.76. The van der Waals surface area contributed by atoms with Crippen molar-refractivity contribution < 1.29 is 0 Å². The lowest BCUT2D eigenvalue weighted by Gasteiger charge is -2.34. The monoisotopic (exact) mass is 279 g/mol. The van der Waals surface area contributed by atoms with Crippen LogP contribution in [0.1, 0.15) is 35.7 Å². The van der Waals surface area contributed by atoms with Crippen LogP contribution in [0, 0.1) is 5.92 Å². The van der Waals surface area contributed by atoms with Gasteiger partial charge in [0.05, 0.1) is 0 Å². The highest BCUT2D eigenvalue weighted by atomic mass is 15.1. The van der Waals surface area contributed by atoms with E-state index < -0.39 is 0 Å². The van der Waals surface area contributed by atoms with Crippen LogP contribution in [0.3, 0.4) is 0 Å².